The fourth-order valence-electron chi connectivity index (χ4n) is 3.06. The molecule has 1 saturated heterocycles. The normalized spacial score (nSPS) is 22.4. The molecule has 2 aliphatic heterocycles. The summed E-state index contributed by atoms with van der Waals surface area (Å²) in [7, 11) is -2.32. The smallest absolute Gasteiger partial charge is 0.355 e. The van der Waals surface area contributed by atoms with Crippen molar-refractivity contribution in [2.24, 2.45) is 0 Å². The van der Waals surface area contributed by atoms with Gasteiger partial charge in [-0.2, -0.15) is 0 Å². The van der Waals surface area contributed by atoms with Crippen LogP contribution in [-0.2, 0) is 40.3 Å². The summed E-state index contributed by atoms with van der Waals surface area (Å²) in [5, 5.41) is -2.62. The zero-order valence-corrected chi connectivity index (χ0v) is 17.2. The standard InChI is InChI=1S/C18H18ClNO8S/c1-10(21)27-8-12-9-29(24,25)17-14(19)16(22)20(17)15(12)18(23)28-7-11-3-5-13(26-2)6-4-11/h3-6,14,17H,7-9H2,1-2H3/t14-,17+/m0/s1. The molecule has 3 rings (SSSR count). The molecule has 2 heterocycles. The molecular formula is C18H18ClNO8S. The van der Waals surface area contributed by atoms with E-state index in [0.29, 0.717) is 11.3 Å². The maximum Gasteiger partial charge on any atom is 0.355 e. The van der Waals surface area contributed by atoms with Crippen molar-refractivity contribution >= 4 is 39.3 Å². The van der Waals surface area contributed by atoms with E-state index in [1.165, 1.54) is 7.11 Å². The predicted octanol–water partition coefficient (Wildman–Crippen LogP) is 0.760. The van der Waals surface area contributed by atoms with Gasteiger partial charge < -0.3 is 14.2 Å². The summed E-state index contributed by atoms with van der Waals surface area (Å²) >= 11 is 5.86. The molecule has 0 radical (unpaired) electrons. The highest BCUT2D eigenvalue weighted by Gasteiger charge is 2.59. The van der Waals surface area contributed by atoms with Crippen molar-refractivity contribution in [1.29, 1.82) is 0 Å². The Morgan fingerprint density at radius 2 is 1.83 bits per heavy atom. The predicted molar refractivity (Wildman–Crippen MR) is 101 cm³/mol. The van der Waals surface area contributed by atoms with Gasteiger partial charge in [0, 0.05) is 12.5 Å². The minimum absolute atomic E-state index is 0.0342. The highest BCUT2D eigenvalue weighted by atomic mass is 35.5. The Morgan fingerprint density at radius 3 is 2.41 bits per heavy atom. The number of sulfone groups is 1. The van der Waals surface area contributed by atoms with Gasteiger partial charge in [0.15, 0.2) is 15.2 Å². The molecule has 0 bridgehead atoms. The van der Waals surface area contributed by atoms with E-state index in [1.807, 2.05) is 0 Å². The Hall–Kier alpha value is -2.59. The maximum atomic E-state index is 12.7. The van der Waals surface area contributed by atoms with Crippen molar-refractivity contribution in [1.82, 2.24) is 4.90 Å². The summed E-state index contributed by atoms with van der Waals surface area (Å²) in [6.45, 7) is 0.577. The maximum absolute atomic E-state index is 12.7. The minimum atomic E-state index is -3.84. The van der Waals surface area contributed by atoms with Gasteiger partial charge in [0.2, 0.25) is 5.91 Å². The second-order valence-corrected chi connectivity index (χ2v) is 9.03. The summed E-state index contributed by atoms with van der Waals surface area (Å²) in [5.41, 5.74) is 0.376. The Balaban J connectivity index is 1.86. The average molecular weight is 444 g/mol. The number of fused-ring (bicyclic) bond motifs is 1. The van der Waals surface area contributed by atoms with E-state index < -0.39 is 50.8 Å². The van der Waals surface area contributed by atoms with Crippen LogP contribution in [0.1, 0.15) is 12.5 Å². The molecular weight excluding hydrogens is 426 g/mol. The highest BCUT2D eigenvalue weighted by molar-refractivity contribution is 7.92. The molecule has 0 unspecified atom stereocenters. The SMILES string of the molecule is COc1ccc(COC(=O)C2=C(COC(C)=O)CS(=O)(=O)[C@@H]3[C@@H](Cl)C(=O)N23)cc1. The molecule has 1 fully saturated rings. The fraction of sp³-hybridized carbons (Fsp3) is 0.389. The minimum Gasteiger partial charge on any atom is -0.497 e. The molecule has 29 heavy (non-hydrogen) atoms. The van der Waals surface area contributed by atoms with E-state index in [0.717, 1.165) is 11.8 Å². The number of esters is 2. The van der Waals surface area contributed by atoms with Crippen LogP contribution in [-0.4, -0.2) is 61.4 Å². The number of benzene rings is 1. The first-order chi connectivity index (χ1) is 13.7. The van der Waals surface area contributed by atoms with Crippen molar-refractivity contribution in [3.8, 4) is 5.75 Å². The van der Waals surface area contributed by atoms with Crippen molar-refractivity contribution in [3.63, 3.8) is 0 Å². The van der Waals surface area contributed by atoms with Gasteiger partial charge in [-0.25, -0.2) is 13.2 Å². The fourth-order valence-corrected chi connectivity index (χ4v) is 5.63. The Bertz CT molecular complexity index is 986. The second-order valence-electron chi connectivity index (χ2n) is 6.46. The number of carbonyl (C=O) groups excluding carboxylic acids is 3. The van der Waals surface area contributed by atoms with E-state index in [-0.39, 0.29) is 17.9 Å². The van der Waals surface area contributed by atoms with Gasteiger partial charge in [-0.15, -0.1) is 11.6 Å². The molecule has 1 amide bonds. The van der Waals surface area contributed by atoms with Crippen LogP contribution in [0.2, 0.25) is 0 Å². The van der Waals surface area contributed by atoms with Gasteiger partial charge >= 0.3 is 11.9 Å². The molecule has 156 valence electrons. The molecule has 9 nitrogen and oxygen atoms in total. The summed E-state index contributed by atoms with van der Waals surface area (Å²) in [4.78, 5) is 36.9. The quantitative estimate of drug-likeness (QED) is 0.359. The van der Waals surface area contributed by atoms with Gasteiger partial charge in [0.05, 0.1) is 12.9 Å². The number of halogens is 1. The van der Waals surface area contributed by atoms with E-state index in [1.54, 1.807) is 24.3 Å². The number of ether oxygens (including phenoxy) is 3. The first-order valence-corrected chi connectivity index (χ1v) is 10.6. The summed E-state index contributed by atoms with van der Waals surface area (Å²) < 4.78 is 40.1. The first kappa shape index (κ1) is 21.1. The molecule has 0 saturated carbocycles. The number of alkyl halides is 1. The van der Waals surface area contributed by atoms with Gasteiger partial charge in [0.1, 0.15) is 30.0 Å². The molecule has 0 spiro atoms. The van der Waals surface area contributed by atoms with E-state index in [4.69, 9.17) is 25.8 Å². The molecule has 2 atom stereocenters. The first-order valence-electron chi connectivity index (χ1n) is 8.50. The van der Waals surface area contributed by atoms with Crippen molar-refractivity contribution in [2.75, 3.05) is 19.5 Å². The van der Waals surface area contributed by atoms with Crippen LogP contribution in [0.25, 0.3) is 0 Å². The number of β-lactam (4-membered cyclic amide) rings is 1. The average Bonchev–Trinajstić information content (AvgIpc) is 2.69. The third kappa shape index (κ3) is 4.08. The van der Waals surface area contributed by atoms with E-state index in [2.05, 4.69) is 0 Å². The largest absolute Gasteiger partial charge is 0.497 e. The van der Waals surface area contributed by atoms with Gasteiger partial charge in [-0.3, -0.25) is 14.5 Å². The zero-order chi connectivity index (χ0) is 21.3. The lowest BCUT2D eigenvalue weighted by molar-refractivity contribution is -0.150. The molecule has 1 aromatic rings. The lowest BCUT2D eigenvalue weighted by atomic mass is 10.1. The number of amides is 1. The van der Waals surface area contributed by atoms with Gasteiger partial charge in [-0.1, -0.05) is 12.1 Å². The molecule has 2 aliphatic rings. The zero-order valence-electron chi connectivity index (χ0n) is 15.6. The summed E-state index contributed by atoms with van der Waals surface area (Å²) in [6, 6.07) is 6.76. The number of hydrogen-bond acceptors (Lipinski definition) is 8. The van der Waals surface area contributed by atoms with Crippen LogP contribution >= 0.6 is 11.6 Å². The molecule has 0 N–H and O–H groups in total. The number of hydrogen-bond donors (Lipinski definition) is 0. The lowest BCUT2D eigenvalue weighted by Crippen LogP contribution is -2.68. The van der Waals surface area contributed by atoms with Crippen LogP contribution in [0.5, 0.6) is 5.75 Å². The number of rotatable bonds is 6. The van der Waals surface area contributed by atoms with Crippen molar-refractivity contribution < 1.29 is 37.0 Å². The molecule has 11 heteroatoms. The van der Waals surface area contributed by atoms with Crippen LogP contribution in [0.15, 0.2) is 35.5 Å². The monoisotopic (exact) mass is 443 g/mol. The Morgan fingerprint density at radius 1 is 1.17 bits per heavy atom. The second kappa shape index (κ2) is 8.03. The Kier molecular flexibility index (Phi) is 5.85. The number of nitrogens with zero attached hydrogens (tertiary/aromatic N) is 1. The van der Waals surface area contributed by atoms with E-state index in [9.17, 15) is 22.8 Å². The van der Waals surface area contributed by atoms with Crippen LogP contribution < -0.4 is 4.74 Å². The van der Waals surface area contributed by atoms with Gasteiger partial charge in [-0.05, 0) is 17.7 Å². The molecule has 0 aromatic heterocycles. The summed E-state index contributed by atoms with van der Waals surface area (Å²) in [6.07, 6.45) is 0. The Labute approximate surface area is 172 Å². The van der Waals surface area contributed by atoms with Crippen LogP contribution in [0.4, 0.5) is 0 Å². The number of carbonyl (C=O) groups is 3. The van der Waals surface area contributed by atoms with Crippen molar-refractivity contribution in [3.05, 3.63) is 41.1 Å². The molecule has 1 aromatic carbocycles. The highest BCUT2D eigenvalue weighted by Crippen LogP contribution is 2.39. The topological polar surface area (TPSA) is 116 Å². The van der Waals surface area contributed by atoms with Crippen LogP contribution in [0.3, 0.4) is 0 Å². The molecule has 0 aliphatic carbocycles. The third-order valence-electron chi connectivity index (χ3n) is 4.47. The summed E-state index contributed by atoms with van der Waals surface area (Å²) in [5.74, 6) is -2.22. The van der Waals surface area contributed by atoms with Crippen LogP contribution in [0, 0.1) is 0 Å². The van der Waals surface area contributed by atoms with Gasteiger partial charge in [0.25, 0.3) is 0 Å². The van der Waals surface area contributed by atoms with E-state index >= 15 is 0 Å². The lowest BCUT2D eigenvalue weighted by Gasteiger charge is -2.46. The number of methoxy groups -OCH3 is 1. The third-order valence-corrected chi connectivity index (χ3v) is 7.01. The van der Waals surface area contributed by atoms with Crippen molar-refractivity contribution in [2.45, 2.75) is 24.3 Å².